The molecule has 8 aromatic heterocycles. The molecular weight excluding hydrogens is 1810 g/mol. The number of carbonyl (C=O) groups excluding carboxylic acids is 2. The molecule has 1 N–H and O–H groups in total. The van der Waals surface area contributed by atoms with Crippen LogP contribution in [-0.2, 0) is 53.2 Å². The van der Waals surface area contributed by atoms with Crippen molar-refractivity contribution in [2.45, 2.75) is 84.2 Å². The third-order valence-electron chi connectivity index (χ3n) is 25.8. The zero-order valence-electron chi connectivity index (χ0n) is 81.9. The highest BCUT2D eigenvalue weighted by Gasteiger charge is 2.40. The number of anilines is 8. The molecule has 142 heavy (non-hydrogen) atoms. The fourth-order valence-corrected chi connectivity index (χ4v) is 17.9. The van der Waals surface area contributed by atoms with E-state index >= 15 is 0 Å². The number of methoxy groups -OCH3 is 6. The molecule has 5 aliphatic rings. The molecule has 21 rings (SSSR count). The molecule has 3 aliphatic carbocycles. The van der Waals surface area contributed by atoms with Crippen molar-refractivity contribution in [2.24, 2.45) is 38.9 Å². The van der Waals surface area contributed by atoms with Crippen molar-refractivity contribution in [3.05, 3.63) is 266 Å². The molecule has 0 spiro atoms. The van der Waals surface area contributed by atoms with Gasteiger partial charge in [0, 0.05) is 228 Å². The van der Waals surface area contributed by atoms with E-state index in [9.17, 15) is 9.59 Å². The summed E-state index contributed by atoms with van der Waals surface area (Å²) in [7, 11) is 15.7. The number of ether oxygens (including phenoxy) is 7. The first-order chi connectivity index (χ1) is 69.2. The number of halogens is 1. The van der Waals surface area contributed by atoms with E-state index in [1.54, 1.807) is 87.6 Å². The zero-order valence-corrected chi connectivity index (χ0v) is 82.7. The van der Waals surface area contributed by atoms with Crippen molar-refractivity contribution in [1.29, 1.82) is 0 Å². The largest absolute Gasteiger partial charge is 0.497 e. The van der Waals surface area contributed by atoms with E-state index in [2.05, 4.69) is 136 Å². The second-order valence-electron chi connectivity index (χ2n) is 36.4. The lowest BCUT2D eigenvalue weighted by Crippen LogP contribution is -2.36. The smallest absolute Gasteiger partial charge is 0.261 e. The van der Waals surface area contributed by atoms with Crippen molar-refractivity contribution >= 4 is 119 Å². The molecule has 0 bridgehead atoms. The summed E-state index contributed by atoms with van der Waals surface area (Å²) in [6, 6.07) is 48.9. The maximum atomic E-state index is 13.2. The van der Waals surface area contributed by atoms with E-state index in [4.69, 9.17) is 69.7 Å². The van der Waals surface area contributed by atoms with Gasteiger partial charge in [0.25, 0.3) is 11.8 Å². The van der Waals surface area contributed by atoms with Gasteiger partial charge in [0.05, 0.1) is 169 Å². The monoisotopic (exact) mass is 1920 g/mol. The molecular formula is C110H117ClN22O9. The van der Waals surface area contributed by atoms with Crippen LogP contribution in [0.2, 0.25) is 5.02 Å². The fraction of sp³-hybridized carbons (Fsp3) is 0.309. The highest BCUT2D eigenvalue weighted by Crippen LogP contribution is 2.44. The Kier molecular flexibility index (Phi) is 30.3. The van der Waals surface area contributed by atoms with Gasteiger partial charge in [-0.2, -0.15) is 20.4 Å². The molecule has 8 aromatic carbocycles. The molecule has 0 atom stereocenters. The highest BCUT2D eigenvalue weighted by atomic mass is 35.5. The SMILES string of the molecule is C=Cc1cc(OC)cc(N(CC2CC2)c2ccc3ncc(-c4cnn(C)c4)nc3c2)c1.COCCc1cc(OC)cc(N(CC2CC2)c2ccc3ncc(-c4cnn(C)c4)nc3c2)c1.COc1cc(OC)cc(N(CCN2C(=O)C3=CCCC=C3C2=O)c2ccc3ncc(-c4cnn(CC5CCOCC5)c4)nc3c2)c1.COc1ccc(Cl)c(N(CCNC(C)C)c2ccc3ncc(-c4cnn(C)c4)nc3c2)c1. The van der Waals surface area contributed by atoms with Crippen LogP contribution in [0.25, 0.3) is 95.2 Å². The van der Waals surface area contributed by atoms with Crippen LogP contribution >= 0.6 is 11.6 Å². The molecule has 728 valence electrons. The van der Waals surface area contributed by atoms with Gasteiger partial charge in [-0.15, -0.1) is 0 Å². The highest BCUT2D eigenvalue weighted by molar-refractivity contribution is 6.33. The van der Waals surface area contributed by atoms with Gasteiger partial charge in [-0.25, -0.2) is 19.9 Å². The van der Waals surface area contributed by atoms with E-state index in [0.29, 0.717) is 70.1 Å². The summed E-state index contributed by atoms with van der Waals surface area (Å²) < 4.78 is 45.8. The summed E-state index contributed by atoms with van der Waals surface area (Å²) in [6.45, 7) is 15.3. The Bertz CT molecular complexity index is 7250. The number of likely N-dealkylation sites (tertiary alicyclic amines) is 1. The maximum absolute atomic E-state index is 13.2. The Morgan fingerprint density at radius 1 is 0.444 bits per heavy atom. The standard InChI is InChI=1S/C35H36N6O5.C26H29N5O2.C25H25N5O.C24H27ClN6O/c1-44-27-15-26(16-28(18-27)45-2)40(11-12-41-34(42)29-5-3-4-6-30(29)35(41)43)25-7-8-31-32(17-25)38-33(20-36-31)24-19-37-39(22-24)21-23-9-13-46-14-10-23;1-30-17-20(14-28-30)26-15-27-24-7-6-21(13-25(24)29-26)31(16-18-4-5-18)22-10-19(8-9-32-2)11-23(12-22)33-3;1-4-17-9-21(11-22(10-17)31-3)30(15-18-5-6-18)20-7-8-23-24(12-20)28-25(14-26-23)19-13-27-29(2)16-19;1-16(2)26-9-10-31(24-12-19(32-4)6-7-20(24)25)18-5-8-21-22(11-18)29-23(14-27-21)17-13-28-30(3)15-17/h5-8,15-20,22-23H,3-4,9-14,21H2,1-2H3;6-7,10-15,17-18H,4-5,8-9,16H2,1-3H3;4,7-14,16,18H,1,5-6,15H2,2-3H3;5-8,11-16,26H,9-10H2,1-4H3. The molecule has 0 unspecified atom stereocenters. The summed E-state index contributed by atoms with van der Waals surface area (Å²) >= 11 is 6.61. The Morgan fingerprint density at radius 3 is 1.31 bits per heavy atom. The first kappa shape index (κ1) is 96.9. The average molecular weight is 1930 g/mol. The number of amides is 2. The molecule has 2 saturated carbocycles. The van der Waals surface area contributed by atoms with Gasteiger partial charge >= 0.3 is 0 Å². The van der Waals surface area contributed by atoms with Crippen LogP contribution in [-0.4, -0.2) is 203 Å². The summed E-state index contributed by atoms with van der Waals surface area (Å²) in [5, 5.41) is 21.5. The molecule has 2 amide bonds. The van der Waals surface area contributed by atoms with E-state index in [1.165, 1.54) is 36.1 Å². The van der Waals surface area contributed by atoms with Crippen molar-refractivity contribution in [1.82, 2.24) is 89.2 Å². The topological polar surface area (TPSA) is 301 Å². The van der Waals surface area contributed by atoms with Crippen LogP contribution in [0.1, 0.15) is 76.3 Å². The molecule has 32 heteroatoms. The lowest BCUT2D eigenvalue weighted by molar-refractivity contribution is -0.136. The van der Waals surface area contributed by atoms with E-state index in [1.807, 2.05) is 177 Å². The Morgan fingerprint density at radius 2 is 0.873 bits per heavy atom. The van der Waals surface area contributed by atoms with Gasteiger partial charge < -0.3 is 58.1 Å². The van der Waals surface area contributed by atoms with E-state index in [-0.39, 0.29) is 18.4 Å². The molecule has 16 aromatic rings. The van der Waals surface area contributed by atoms with E-state index < -0.39 is 0 Å². The minimum Gasteiger partial charge on any atom is -0.497 e. The van der Waals surface area contributed by atoms with Crippen LogP contribution in [0.5, 0.6) is 28.7 Å². The second-order valence-corrected chi connectivity index (χ2v) is 36.8. The number of carbonyl (C=O) groups is 2. The van der Waals surface area contributed by atoms with Crippen molar-refractivity contribution in [2.75, 3.05) is 121 Å². The van der Waals surface area contributed by atoms with Crippen molar-refractivity contribution in [3.8, 4) is 73.8 Å². The van der Waals surface area contributed by atoms with E-state index in [0.717, 1.165) is 230 Å². The third kappa shape index (κ3) is 23.4. The Balaban J connectivity index is 0.000000127. The van der Waals surface area contributed by atoms with Gasteiger partial charge in [0.15, 0.2) is 0 Å². The molecule has 0 radical (unpaired) electrons. The van der Waals surface area contributed by atoms with Crippen LogP contribution < -0.4 is 48.6 Å². The van der Waals surface area contributed by atoms with Crippen molar-refractivity contribution < 1.29 is 42.7 Å². The number of nitrogens with one attached hydrogen (secondary N) is 1. The Labute approximate surface area is 830 Å². The van der Waals surface area contributed by atoms with Gasteiger partial charge in [-0.05, 0) is 196 Å². The number of nitrogens with zero attached hydrogens (tertiary/aromatic N) is 21. The normalized spacial score (nSPS) is 14.0. The number of hydrogen-bond donors (Lipinski definition) is 1. The minimum atomic E-state index is -0.245. The number of rotatable bonds is 34. The maximum Gasteiger partial charge on any atom is 0.261 e. The summed E-state index contributed by atoms with van der Waals surface area (Å²) in [5.74, 6) is 5.16. The third-order valence-corrected chi connectivity index (χ3v) is 26.1. The molecule has 10 heterocycles. The van der Waals surface area contributed by atoms with Crippen LogP contribution in [0.3, 0.4) is 0 Å². The summed E-state index contributed by atoms with van der Waals surface area (Å²) in [4.78, 5) is 74.8. The number of benzene rings is 8. The Hall–Kier alpha value is -15.3. The van der Waals surface area contributed by atoms with Crippen molar-refractivity contribution in [3.63, 3.8) is 0 Å². The molecule has 2 aliphatic heterocycles. The van der Waals surface area contributed by atoms with Crippen LogP contribution in [0, 0.1) is 17.8 Å². The average Bonchev–Trinajstić information content (AvgIpc) is 1.62. The van der Waals surface area contributed by atoms with Gasteiger partial charge in [-0.3, -0.25) is 53.2 Å². The number of imide groups is 1. The van der Waals surface area contributed by atoms with Crippen LogP contribution in [0.15, 0.2) is 250 Å². The number of fused-ring (bicyclic) bond motifs is 5. The second kappa shape index (κ2) is 44.4. The van der Waals surface area contributed by atoms with Gasteiger partial charge in [-0.1, -0.05) is 50.3 Å². The zero-order chi connectivity index (χ0) is 98.4. The molecule has 4 fully saturated rings. The number of aryl methyl sites for hydroxylation is 3. The predicted molar refractivity (Wildman–Crippen MR) is 557 cm³/mol. The summed E-state index contributed by atoms with van der Waals surface area (Å²) in [6.07, 6.45) is 37.4. The quantitative estimate of drug-likeness (QED) is 0.0366. The number of aromatic nitrogens is 16. The fourth-order valence-electron chi connectivity index (χ4n) is 17.7. The predicted octanol–water partition coefficient (Wildman–Crippen LogP) is 19.9. The number of allylic oxidation sites excluding steroid dienone is 2. The summed E-state index contributed by atoms with van der Waals surface area (Å²) in [5.41, 5.74) is 24.7. The molecule has 31 nitrogen and oxygen atoms in total. The minimum absolute atomic E-state index is 0.196. The van der Waals surface area contributed by atoms with Gasteiger partial charge in [0.2, 0.25) is 0 Å². The van der Waals surface area contributed by atoms with Crippen LogP contribution in [0.4, 0.5) is 45.5 Å². The first-order valence-electron chi connectivity index (χ1n) is 48.0. The first-order valence-corrected chi connectivity index (χ1v) is 48.4. The lowest BCUT2D eigenvalue weighted by Gasteiger charge is -2.28. The number of hydrogen-bond acceptors (Lipinski definition) is 26. The lowest BCUT2D eigenvalue weighted by atomic mass is 10.0. The molecule has 2 saturated heterocycles. The van der Waals surface area contributed by atoms with Gasteiger partial charge in [0.1, 0.15) is 28.7 Å².